The molecule has 0 saturated carbocycles. The van der Waals surface area contributed by atoms with Crippen molar-refractivity contribution in [2.24, 2.45) is 4.99 Å². The van der Waals surface area contributed by atoms with Crippen molar-refractivity contribution in [1.82, 2.24) is 20.2 Å². The lowest BCUT2D eigenvalue weighted by Gasteiger charge is -2.26. The van der Waals surface area contributed by atoms with Gasteiger partial charge in [0, 0.05) is 48.3 Å². The van der Waals surface area contributed by atoms with Gasteiger partial charge in [-0.15, -0.1) is 0 Å². The van der Waals surface area contributed by atoms with Gasteiger partial charge in [-0.3, -0.25) is 20.5 Å². The van der Waals surface area contributed by atoms with Gasteiger partial charge in [0.05, 0.1) is 13.2 Å². The average molecular weight is 446 g/mol. The Morgan fingerprint density at radius 2 is 1.90 bits per heavy atom. The van der Waals surface area contributed by atoms with Crippen molar-refractivity contribution in [1.29, 1.82) is 0 Å². The smallest absolute Gasteiger partial charge is 0.326 e. The topological polar surface area (TPSA) is 104 Å². The van der Waals surface area contributed by atoms with E-state index in [0.29, 0.717) is 23.2 Å². The molecule has 0 bridgehead atoms. The molecule has 1 aromatic heterocycles. The van der Waals surface area contributed by atoms with Crippen LogP contribution in [0, 0.1) is 13.8 Å². The van der Waals surface area contributed by atoms with Gasteiger partial charge < -0.3 is 10.1 Å². The van der Waals surface area contributed by atoms with Crippen molar-refractivity contribution < 1.29 is 9.53 Å². The first-order chi connectivity index (χ1) is 15.0. The van der Waals surface area contributed by atoms with Gasteiger partial charge in [-0.05, 0) is 44.5 Å². The fraction of sp³-hybridized carbons (Fsp3) is 0.429. The number of urea groups is 1. The van der Waals surface area contributed by atoms with Crippen molar-refractivity contribution in [3.05, 3.63) is 46.7 Å². The quantitative estimate of drug-likeness (QED) is 0.358. The summed E-state index contributed by atoms with van der Waals surface area (Å²) in [6.45, 7) is 8.65. The molecule has 1 saturated heterocycles. The second kappa shape index (κ2) is 11.6. The highest BCUT2D eigenvalue weighted by atomic mass is 35.5. The van der Waals surface area contributed by atoms with Gasteiger partial charge in [0.2, 0.25) is 11.9 Å². The van der Waals surface area contributed by atoms with Crippen LogP contribution in [-0.2, 0) is 4.74 Å². The molecule has 166 valence electrons. The highest BCUT2D eigenvalue weighted by Crippen LogP contribution is 2.14. The molecular formula is C21H28ClN7O2. The minimum atomic E-state index is -0.439. The number of hydrogen-bond donors (Lipinski definition) is 3. The third kappa shape index (κ3) is 8.12. The Kier molecular flexibility index (Phi) is 8.57. The summed E-state index contributed by atoms with van der Waals surface area (Å²) >= 11 is 5.98. The number of aliphatic imine (C=N–C) groups is 1. The normalized spacial score (nSPS) is 14.9. The molecule has 0 aliphatic carbocycles. The first-order valence-corrected chi connectivity index (χ1v) is 10.6. The van der Waals surface area contributed by atoms with Gasteiger partial charge in [-0.2, -0.15) is 0 Å². The summed E-state index contributed by atoms with van der Waals surface area (Å²) in [6, 6.07) is 8.37. The summed E-state index contributed by atoms with van der Waals surface area (Å²) in [7, 11) is 0. The molecule has 1 aliphatic rings. The van der Waals surface area contributed by atoms with Crippen molar-refractivity contribution in [3.8, 4) is 0 Å². The molecule has 3 rings (SSSR count). The first-order valence-electron chi connectivity index (χ1n) is 10.3. The van der Waals surface area contributed by atoms with Crippen LogP contribution in [0.3, 0.4) is 0 Å². The molecule has 1 aromatic carbocycles. The van der Waals surface area contributed by atoms with E-state index >= 15 is 0 Å². The zero-order chi connectivity index (χ0) is 22.1. The van der Waals surface area contributed by atoms with Gasteiger partial charge >= 0.3 is 6.03 Å². The Labute approximate surface area is 187 Å². The van der Waals surface area contributed by atoms with Crippen molar-refractivity contribution in [2.45, 2.75) is 20.3 Å². The maximum atomic E-state index is 12.5. The lowest BCUT2D eigenvalue weighted by atomic mass is 10.3. The van der Waals surface area contributed by atoms with E-state index in [9.17, 15) is 4.79 Å². The molecule has 1 aliphatic heterocycles. The standard InChI is InChI=1S/C21H28ClN7O2/c1-15-13-16(2)25-20(24-15)27-19(23-7-4-8-29-9-11-31-12-10-29)28-21(30)26-18-6-3-5-17(22)14-18/h3,5-6,13-14H,4,7-12H2,1-2H3,(H3,23,24,25,26,27,28,30). The molecule has 0 atom stereocenters. The number of amides is 2. The minimum absolute atomic E-state index is 0.284. The number of carbonyl (C=O) groups excluding carboxylic acids is 1. The number of aromatic nitrogens is 2. The van der Waals surface area contributed by atoms with Crippen LogP contribution in [0.25, 0.3) is 0 Å². The van der Waals surface area contributed by atoms with E-state index in [1.54, 1.807) is 24.3 Å². The number of nitrogens with one attached hydrogen (secondary N) is 3. The summed E-state index contributed by atoms with van der Waals surface area (Å²) in [5.41, 5.74) is 2.23. The number of ether oxygens (including phenoxy) is 1. The molecule has 10 heteroatoms. The van der Waals surface area contributed by atoms with E-state index in [1.165, 1.54) is 0 Å². The molecule has 9 nitrogen and oxygen atoms in total. The number of aryl methyl sites for hydroxylation is 2. The highest BCUT2D eigenvalue weighted by molar-refractivity contribution is 6.30. The number of halogens is 1. The lowest BCUT2D eigenvalue weighted by molar-refractivity contribution is 0.0377. The molecule has 0 unspecified atom stereocenters. The number of rotatable bonds is 6. The van der Waals surface area contributed by atoms with E-state index in [4.69, 9.17) is 16.3 Å². The van der Waals surface area contributed by atoms with Crippen molar-refractivity contribution >= 4 is 35.2 Å². The fourth-order valence-electron chi connectivity index (χ4n) is 3.14. The Balaban J connectivity index is 1.62. The number of guanidine groups is 1. The molecule has 2 heterocycles. The number of morpholine rings is 1. The van der Waals surface area contributed by atoms with Crippen LogP contribution >= 0.6 is 11.6 Å². The minimum Gasteiger partial charge on any atom is -0.379 e. The largest absolute Gasteiger partial charge is 0.379 e. The summed E-state index contributed by atoms with van der Waals surface area (Å²) in [5.74, 6) is 0.666. The summed E-state index contributed by atoms with van der Waals surface area (Å²) < 4.78 is 5.37. The van der Waals surface area contributed by atoms with Crippen molar-refractivity contribution in [3.63, 3.8) is 0 Å². The summed E-state index contributed by atoms with van der Waals surface area (Å²) in [5, 5.41) is 9.05. The number of nitrogens with zero attached hydrogens (tertiary/aromatic N) is 4. The van der Waals surface area contributed by atoms with E-state index < -0.39 is 6.03 Å². The van der Waals surface area contributed by atoms with Gasteiger partial charge in [0.15, 0.2) is 0 Å². The molecule has 3 N–H and O–H groups in total. The van der Waals surface area contributed by atoms with Crippen molar-refractivity contribution in [2.75, 3.05) is 50.0 Å². The monoisotopic (exact) mass is 445 g/mol. The maximum Gasteiger partial charge on any atom is 0.326 e. The number of carbonyl (C=O) groups is 1. The van der Waals surface area contributed by atoms with E-state index in [1.807, 2.05) is 19.9 Å². The van der Waals surface area contributed by atoms with Crippen LogP contribution in [0.1, 0.15) is 17.8 Å². The zero-order valence-electron chi connectivity index (χ0n) is 17.8. The number of hydrogen-bond acceptors (Lipinski definition) is 6. The van der Waals surface area contributed by atoms with Crippen LogP contribution in [-0.4, -0.2) is 66.3 Å². The SMILES string of the molecule is Cc1cc(C)nc(NC(=NCCCN2CCOCC2)NC(=O)Nc2cccc(Cl)c2)n1. The maximum absolute atomic E-state index is 12.5. The second-order valence-corrected chi connectivity index (χ2v) is 7.66. The first kappa shape index (κ1) is 22.9. The fourth-order valence-corrected chi connectivity index (χ4v) is 3.33. The van der Waals surface area contributed by atoms with Gasteiger partial charge in [-0.1, -0.05) is 17.7 Å². The summed E-state index contributed by atoms with van der Waals surface area (Å²) in [6.07, 6.45) is 0.858. The highest BCUT2D eigenvalue weighted by Gasteiger charge is 2.11. The number of benzene rings is 1. The Hall–Kier alpha value is -2.75. The molecule has 0 radical (unpaired) electrons. The van der Waals surface area contributed by atoms with Gasteiger partial charge in [-0.25, -0.2) is 14.8 Å². The van der Waals surface area contributed by atoms with Gasteiger partial charge in [0.1, 0.15) is 0 Å². The lowest BCUT2D eigenvalue weighted by Crippen LogP contribution is -2.40. The third-order valence-corrected chi connectivity index (χ3v) is 4.77. The predicted molar refractivity (Wildman–Crippen MR) is 123 cm³/mol. The molecular weight excluding hydrogens is 418 g/mol. The Morgan fingerprint density at radius 1 is 1.16 bits per heavy atom. The molecule has 2 aromatic rings. The average Bonchev–Trinajstić information content (AvgIpc) is 2.71. The van der Waals surface area contributed by atoms with Crippen LogP contribution in [0.5, 0.6) is 0 Å². The van der Waals surface area contributed by atoms with Crippen LogP contribution in [0.2, 0.25) is 5.02 Å². The Morgan fingerprint density at radius 3 is 2.61 bits per heavy atom. The molecule has 1 fully saturated rings. The zero-order valence-corrected chi connectivity index (χ0v) is 18.6. The second-order valence-electron chi connectivity index (χ2n) is 7.23. The molecule has 31 heavy (non-hydrogen) atoms. The predicted octanol–water partition coefficient (Wildman–Crippen LogP) is 3.06. The summed E-state index contributed by atoms with van der Waals surface area (Å²) in [4.78, 5) is 28.1. The Bertz CT molecular complexity index is 896. The molecule has 0 spiro atoms. The van der Waals surface area contributed by atoms with Crippen LogP contribution in [0.4, 0.5) is 16.4 Å². The van der Waals surface area contributed by atoms with E-state index in [0.717, 1.165) is 50.7 Å². The molecule has 2 amide bonds. The van der Waals surface area contributed by atoms with Gasteiger partial charge in [0.25, 0.3) is 0 Å². The van der Waals surface area contributed by atoms with Crippen LogP contribution < -0.4 is 16.0 Å². The van der Waals surface area contributed by atoms with E-state index in [-0.39, 0.29) is 5.96 Å². The number of anilines is 2. The third-order valence-electron chi connectivity index (χ3n) is 4.53. The van der Waals surface area contributed by atoms with Crippen LogP contribution in [0.15, 0.2) is 35.3 Å². The van der Waals surface area contributed by atoms with E-state index in [2.05, 4.69) is 35.8 Å².